The summed E-state index contributed by atoms with van der Waals surface area (Å²) in [4.78, 5) is 16.5. The number of anilines is 1. The predicted molar refractivity (Wildman–Crippen MR) is 104 cm³/mol. The van der Waals surface area contributed by atoms with Gasteiger partial charge in [0.15, 0.2) is 11.3 Å². The zero-order valence-electron chi connectivity index (χ0n) is 15.1. The van der Waals surface area contributed by atoms with Crippen molar-refractivity contribution in [2.24, 2.45) is 0 Å². The van der Waals surface area contributed by atoms with E-state index in [2.05, 4.69) is 10.3 Å². The number of fused-ring (bicyclic) bond motifs is 1. The summed E-state index contributed by atoms with van der Waals surface area (Å²) in [5.41, 5.74) is 0.419. The molecule has 1 aliphatic rings. The first-order valence-electron chi connectivity index (χ1n) is 8.57. The lowest BCUT2D eigenvalue weighted by Crippen LogP contribution is -2.26. The van der Waals surface area contributed by atoms with Crippen molar-refractivity contribution < 1.29 is 28.2 Å². The Morgan fingerprint density at radius 1 is 1.38 bits per heavy atom. The van der Waals surface area contributed by atoms with Crippen molar-refractivity contribution in [3.63, 3.8) is 0 Å². The SMILES string of the molecule is COc1ncc(OC(=O)Nc2c(Cl)c[n+]([O-])cc2Cl)c2cc(C3CCOC3)oc12. The molecule has 4 rings (SSSR count). The molecular formula is C18H15Cl2N3O6. The molecule has 0 saturated carbocycles. The fraction of sp³-hybridized carbons (Fsp3) is 0.278. The Labute approximate surface area is 174 Å². The first-order chi connectivity index (χ1) is 14.0. The van der Waals surface area contributed by atoms with Crippen LogP contribution in [0.25, 0.3) is 11.0 Å². The zero-order chi connectivity index (χ0) is 20.5. The average Bonchev–Trinajstić information content (AvgIpc) is 3.34. The Bertz CT molecular complexity index is 1060. The van der Waals surface area contributed by atoms with Crippen molar-refractivity contribution in [2.75, 3.05) is 25.6 Å². The van der Waals surface area contributed by atoms with Gasteiger partial charge in [0.1, 0.15) is 15.8 Å². The van der Waals surface area contributed by atoms with E-state index in [1.165, 1.54) is 13.3 Å². The number of carbonyl (C=O) groups is 1. The highest BCUT2D eigenvalue weighted by Crippen LogP contribution is 2.38. The first-order valence-corrected chi connectivity index (χ1v) is 9.32. The molecule has 1 saturated heterocycles. The Morgan fingerprint density at radius 3 is 2.79 bits per heavy atom. The highest BCUT2D eigenvalue weighted by molar-refractivity contribution is 6.39. The van der Waals surface area contributed by atoms with E-state index in [1.807, 2.05) is 0 Å². The summed E-state index contributed by atoms with van der Waals surface area (Å²) in [6.45, 7) is 1.21. The molecular weight excluding hydrogens is 425 g/mol. The number of furan rings is 1. The van der Waals surface area contributed by atoms with Crippen molar-refractivity contribution in [1.29, 1.82) is 0 Å². The largest absolute Gasteiger partial charge is 0.619 e. The summed E-state index contributed by atoms with van der Waals surface area (Å²) in [6, 6.07) is 1.78. The van der Waals surface area contributed by atoms with Gasteiger partial charge in [0.05, 0.1) is 31.0 Å². The summed E-state index contributed by atoms with van der Waals surface area (Å²) >= 11 is 11.9. The minimum absolute atomic E-state index is 0.0331. The van der Waals surface area contributed by atoms with E-state index in [9.17, 15) is 10.0 Å². The number of nitrogens with zero attached hydrogens (tertiary/aromatic N) is 2. The van der Waals surface area contributed by atoms with Crippen LogP contribution in [0.15, 0.2) is 29.1 Å². The van der Waals surface area contributed by atoms with E-state index in [-0.39, 0.29) is 33.3 Å². The minimum atomic E-state index is -0.863. The van der Waals surface area contributed by atoms with Crippen LogP contribution in [0, 0.1) is 5.21 Å². The van der Waals surface area contributed by atoms with Crippen LogP contribution in [-0.2, 0) is 4.74 Å². The zero-order valence-corrected chi connectivity index (χ0v) is 16.6. The van der Waals surface area contributed by atoms with Gasteiger partial charge in [-0.25, -0.2) is 9.78 Å². The molecule has 29 heavy (non-hydrogen) atoms. The maximum atomic E-state index is 12.4. The topological polar surface area (TPSA) is 110 Å². The summed E-state index contributed by atoms with van der Waals surface area (Å²) < 4.78 is 22.4. The lowest BCUT2D eigenvalue weighted by Gasteiger charge is -2.10. The Morgan fingerprint density at radius 2 is 2.14 bits per heavy atom. The number of amides is 1. The van der Waals surface area contributed by atoms with E-state index in [4.69, 9.17) is 41.8 Å². The quantitative estimate of drug-likeness (QED) is 0.484. The van der Waals surface area contributed by atoms with E-state index >= 15 is 0 Å². The van der Waals surface area contributed by atoms with Crippen molar-refractivity contribution in [3.05, 3.63) is 45.7 Å². The van der Waals surface area contributed by atoms with Crippen LogP contribution in [-0.4, -0.2) is 31.4 Å². The number of ether oxygens (including phenoxy) is 3. The van der Waals surface area contributed by atoms with Crippen LogP contribution in [0.4, 0.5) is 10.5 Å². The molecule has 4 heterocycles. The van der Waals surface area contributed by atoms with Gasteiger partial charge >= 0.3 is 6.09 Å². The molecule has 0 spiro atoms. The molecule has 0 radical (unpaired) electrons. The minimum Gasteiger partial charge on any atom is -0.619 e. The average molecular weight is 440 g/mol. The van der Waals surface area contributed by atoms with Crippen molar-refractivity contribution in [3.8, 4) is 11.6 Å². The normalized spacial score (nSPS) is 16.2. The monoisotopic (exact) mass is 439 g/mol. The number of hydrogen-bond acceptors (Lipinski definition) is 7. The molecule has 1 aliphatic heterocycles. The second-order valence-electron chi connectivity index (χ2n) is 6.29. The first kappa shape index (κ1) is 19.6. The summed E-state index contributed by atoms with van der Waals surface area (Å²) in [6.07, 6.45) is 3.43. The van der Waals surface area contributed by atoms with Gasteiger partial charge < -0.3 is 23.8 Å². The standard InChI is InChI=1S/C18H15Cl2N3O6/c1-26-17-16-10(4-13(28-16)9-2-3-27-8-9)14(5-21-17)29-18(24)22-15-11(19)6-23(25)7-12(15)20/h4-7,9H,2-3,8H2,1H3,(H,22,24). The third kappa shape index (κ3) is 3.89. The van der Waals surface area contributed by atoms with Crippen LogP contribution < -0.4 is 19.5 Å². The molecule has 9 nitrogen and oxygen atoms in total. The summed E-state index contributed by atoms with van der Waals surface area (Å²) in [5.74, 6) is 1.24. The van der Waals surface area contributed by atoms with Crippen molar-refractivity contribution in [2.45, 2.75) is 12.3 Å². The fourth-order valence-electron chi connectivity index (χ4n) is 3.03. The van der Waals surface area contributed by atoms with Crippen LogP contribution in [0.3, 0.4) is 0 Å². The predicted octanol–water partition coefficient (Wildman–Crippen LogP) is 3.89. The van der Waals surface area contributed by atoms with Crippen LogP contribution in [0.5, 0.6) is 11.6 Å². The molecule has 1 unspecified atom stereocenters. The third-order valence-corrected chi connectivity index (χ3v) is 5.00. The summed E-state index contributed by atoms with van der Waals surface area (Å²) in [5, 5.41) is 14.2. The molecule has 1 atom stereocenters. The lowest BCUT2D eigenvalue weighted by atomic mass is 10.1. The lowest BCUT2D eigenvalue weighted by molar-refractivity contribution is -0.605. The molecule has 1 N–H and O–H groups in total. The number of carbonyl (C=O) groups excluding carboxylic acids is 1. The van der Waals surface area contributed by atoms with E-state index in [0.29, 0.717) is 34.7 Å². The van der Waals surface area contributed by atoms with Crippen LogP contribution >= 0.6 is 23.2 Å². The summed E-state index contributed by atoms with van der Waals surface area (Å²) in [7, 11) is 1.47. The Kier molecular flexibility index (Phi) is 5.35. The molecule has 0 aliphatic carbocycles. The number of pyridine rings is 2. The number of rotatable bonds is 4. The molecule has 152 valence electrons. The second kappa shape index (κ2) is 7.94. The maximum Gasteiger partial charge on any atom is 0.417 e. The number of methoxy groups -OCH3 is 1. The molecule has 3 aromatic rings. The van der Waals surface area contributed by atoms with E-state index in [1.54, 1.807) is 6.07 Å². The molecule has 1 fully saturated rings. The van der Waals surface area contributed by atoms with Gasteiger partial charge in [-0.2, -0.15) is 4.73 Å². The highest BCUT2D eigenvalue weighted by Gasteiger charge is 2.25. The number of nitrogens with one attached hydrogen (secondary N) is 1. The second-order valence-corrected chi connectivity index (χ2v) is 7.10. The van der Waals surface area contributed by atoms with Gasteiger partial charge in [0, 0.05) is 12.5 Å². The molecule has 1 amide bonds. The number of halogens is 2. The van der Waals surface area contributed by atoms with E-state index in [0.717, 1.165) is 18.8 Å². The van der Waals surface area contributed by atoms with E-state index < -0.39 is 6.09 Å². The Balaban J connectivity index is 1.63. The number of hydrogen-bond donors (Lipinski definition) is 1. The molecule has 3 aromatic heterocycles. The van der Waals surface area contributed by atoms with Gasteiger partial charge in [0.2, 0.25) is 12.4 Å². The third-order valence-electron chi connectivity index (χ3n) is 4.42. The molecule has 0 aromatic carbocycles. The molecule has 0 bridgehead atoms. The van der Waals surface area contributed by atoms with Gasteiger partial charge in [-0.15, -0.1) is 0 Å². The number of aromatic nitrogens is 2. The smallest absolute Gasteiger partial charge is 0.417 e. The van der Waals surface area contributed by atoms with Gasteiger partial charge in [-0.05, 0) is 12.5 Å². The van der Waals surface area contributed by atoms with Crippen LogP contribution in [0.2, 0.25) is 10.0 Å². The maximum absolute atomic E-state index is 12.4. The highest BCUT2D eigenvalue weighted by atomic mass is 35.5. The molecule has 11 heteroatoms. The van der Waals surface area contributed by atoms with Crippen molar-refractivity contribution in [1.82, 2.24) is 4.98 Å². The Hall–Kier alpha value is -2.75. The van der Waals surface area contributed by atoms with Gasteiger partial charge in [-0.1, -0.05) is 23.2 Å². The van der Waals surface area contributed by atoms with Crippen molar-refractivity contribution >= 4 is 46.0 Å². The van der Waals surface area contributed by atoms with Gasteiger partial charge in [-0.3, -0.25) is 5.32 Å². The van der Waals surface area contributed by atoms with Gasteiger partial charge in [0.25, 0.3) is 5.88 Å². The fourth-order valence-corrected chi connectivity index (χ4v) is 3.57. The van der Waals surface area contributed by atoms with Crippen LogP contribution in [0.1, 0.15) is 18.1 Å².